The van der Waals surface area contributed by atoms with Gasteiger partial charge in [0.25, 0.3) is 5.91 Å². The van der Waals surface area contributed by atoms with Gasteiger partial charge in [0.2, 0.25) is 0 Å². The summed E-state index contributed by atoms with van der Waals surface area (Å²) in [5.41, 5.74) is 0.0799. The average molecular weight is 348 g/mol. The lowest BCUT2D eigenvalue weighted by Gasteiger charge is -2.37. The molecule has 1 N–H and O–H groups in total. The molecule has 1 aliphatic heterocycles. The predicted octanol–water partition coefficient (Wildman–Crippen LogP) is 3.08. The number of nitrogens with one attached hydrogen (secondary N) is 1. The Kier molecular flexibility index (Phi) is 5.60. The third-order valence-electron chi connectivity index (χ3n) is 4.22. The van der Waals surface area contributed by atoms with Crippen molar-refractivity contribution < 1.29 is 13.9 Å². The molecule has 2 aromatic rings. The highest BCUT2D eigenvalue weighted by molar-refractivity contribution is 7.10. The number of nitrogens with zero attached hydrogens (tertiary/aromatic N) is 1. The van der Waals surface area contributed by atoms with Gasteiger partial charge in [-0.25, -0.2) is 4.39 Å². The Bertz CT molecular complexity index is 671. The zero-order chi connectivity index (χ0) is 16.9. The monoisotopic (exact) mass is 348 g/mol. The number of hydrogen-bond donors (Lipinski definition) is 1. The van der Waals surface area contributed by atoms with Gasteiger partial charge in [-0.3, -0.25) is 9.69 Å². The van der Waals surface area contributed by atoms with Gasteiger partial charge in [-0.15, -0.1) is 11.3 Å². The Labute approximate surface area is 145 Å². The second-order valence-electron chi connectivity index (χ2n) is 5.85. The predicted molar refractivity (Wildman–Crippen MR) is 92.8 cm³/mol. The van der Waals surface area contributed by atoms with Crippen LogP contribution in [0.2, 0.25) is 0 Å². The fraction of sp³-hybridized carbons (Fsp3) is 0.389. The Morgan fingerprint density at radius 2 is 2.00 bits per heavy atom. The maximum atomic E-state index is 13.8. The molecule has 1 aromatic carbocycles. The van der Waals surface area contributed by atoms with Crippen LogP contribution in [0.15, 0.2) is 41.8 Å². The van der Waals surface area contributed by atoms with E-state index in [1.807, 2.05) is 18.4 Å². The highest BCUT2D eigenvalue weighted by Crippen LogP contribution is 2.29. The first kappa shape index (κ1) is 17.1. The number of halogens is 1. The SMILES string of the molecule is C[C@@H](NC(=O)c1ccccc1F)[C@H](c1cccs1)N1CCOCC1. The fourth-order valence-electron chi connectivity index (χ4n) is 3.07. The van der Waals surface area contributed by atoms with E-state index in [2.05, 4.69) is 16.3 Å². The molecule has 128 valence electrons. The van der Waals surface area contributed by atoms with Crippen LogP contribution in [-0.4, -0.2) is 43.2 Å². The molecular weight excluding hydrogens is 327 g/mol. The number of thiophene rings is 1. The summed E-state index contributed by atoms with van der Waals surface area (Å²) >= 11 is 1.67. The van der Waals surface area contributed by atoms with Crippen LogP contribution in [0.1, 0.15) is 28.2 Å². The molecule has 0 unspecified atom stereocenters. The maximum absolute atomic E-state index is 13.8. The summed E-state index contributed by atoms with van der Waals surface area (Å²) in [5.74, 6) is -0.878. The van der Waals surface area contributed by atoms with Crippen LogP contribution in [0.4, 0.5) is 4.39 Å². The number of ether oxygens (including phenoxy) is 1. The summed E-state index contributed by atoms with van der Waals surface area (Å²) in [4.78, 5) is 16.0. The molecule has 0 saturated carbocycles. The van der Waals surface area contributed by atoms with Crippen LogP contribution in [-0.2, 0) is 4.74 Å². The molecule has 1 aliphatic rings. The van der Waals surface area contributed by atoms with E-state index < -0.39 is 5.82 Å². The Morgan fingerprint density at radius 1 is 1.25 bits per heavy atom. The first-order chi connectivity index (χ1) is 11.7. The number of amides is 1. The number of carbonyl (C=O) groups excluding carboxylic acids is 1. The van der Waals surface area contributed by atoms with Crippen LogP contribution < -0.4 is 5.32 Å². The number of hydrogen-bond acceptors (Lipinski definition) is 4. The van der Waals surface area contributed by atoms with E-state index in [9.17, 15) is 9.18 Å². The molecule has 1 saturated heterocycles. The van der Waals surface area contributed by atoms with Crippen molar-refractivity contribution in [3.8, 4) is 0 Å². The van der Waals surface area contributed by atoms with Gasteiger partial charge in [0.1, 0.15) is 5.82 Å². The minimum absolute atomic E-state index is 0.0598. The van der Waals surface area contributed by atoms with Crippen molar-refractivity contribution in [1.82, 2.24) is 10.2 Å². The average Bonchev–Trinajstić information content (AvgIpc) is 3.10. The number of rotatable bonds is 5. The maximum Gasteiger partial charge on any atom is 0.254 e. The van der Waals surface area contributed by atoms with Gasteiger partial charge in [0.15, 0.2) is 0 Å². The lowest BCUT2D eigenvalue weighted by Crippen LogP contribution is -2.48. The number of morpholine rings is 1. The molecule has 2 atom stereocenters. The van der Waals surface area contributed by atoms with Crippen LogP contribution in [0.5, 0.6) is 0 Å². The van der Waals surface area contributed by atoms with E-state index in [1.54, 1.807) is 23.5 Å². The summed E-state index contributed by atoms with van der Waals surface area (Å²) in [6.45, 7) is 5.00. The first-order valence-electron chi connectivity index (χ1n) is 8.07. The highest BCUT2D eigenvalue weighted by Gasteiger charge is 2.30. The normalized spacial score (nSPS) is 18.1. The molecule has 0 bridgehead atoms. The fourth-order valence-corrected chi connectivity index (χ4v) is 4.03. The van der Waals surface area contributed by atoms with E-state index in [4.69, 9.17) is 4.74 Å². The molecule has 0 radical (unpaired) electrons. The Morgan fingerprint density at radius 3 is 2.67 bits per heavy atom. The molecule has 0 aliphatic carbocycles. The van der Waals surface area contributed by atoms with Crippen LogP contribution in [0, 0.1) is 5.82 Å². The van der Waals surface area contributed by atoms with Gasteiger partial charge >= 0.3 is 0 Å². The lowest BCUT2D eigenvalue weighted by atomic mass is 10.0. The van der Waals surface area contributed by atoms with E-state index in [-0.39, 0.29) is 23.6 Å². The zero-order valence-corrected chi connectivity index (χ0v) is 14.4. The molecule has 1 fully saturated rings. The topological polar surface area (TPSA) is 41.6 Å². The largest absolute Gasteiger partial charge is 0.379 e. The summed E-state index contributed by atoms with van der Waals surface area (Å²) in [6.07, 6.45) is 0. The Hall–Kier alpha value is -1.76. The standard InChI is InChI=1S/C18H21FN2O2S/c1-13(20-18(22)14-5-2-3-6-15(14)19)17(16-7-4-12-24-16)21-8-10-23-11-9-21/h2-7,12-13,17H,8-11H2,1H3,(H,20,22)/t13-,17-/m1/s1. The van der Waals surface area contributed by atoms with Gasteiger partial charge in [-0.2, -0.15) is 0 Å². The van der Waals surface area contributed by atoms with Gasteiger partial charge in [0.05, 0.1) is 24.8 Å². The van der Waals surface area contributed by atoms with Crippen molar-refractivity contribution in [3.05, 3.63) is 58.0 Å². The van der Waals surface area contributed by atoms with Gasteiger partial charge in [-0.1, -0.05) is 18.2 Å². The summed E-state index contributed by atoms with van der Waals surface area (Å²) in [5, 5.41) is 5.00. The van der Waals surface area contributed by atoms with E-state index >= 15 is 0 Å². The molecule has 0 spiro atoms. The second kappa shape index (κ2) is 7.88. The first-order valence-corrected chi connectivity index (χ1v) is 8.95. The van der Waals surface area contributed by atoms with Crippen molar-refractivity contribution in [3.63, 3.8) is 0 Å². The summed E-state index contributed by atoms with van der Waals surface area (Å²) in [7, 11) is 0. The second-order valence-corrected chi connectivity index (χ2v) is 6.83. The third kappa shape index (κ3) is 3.83. The molecule has 3 rings (SSSR count). The van der Waals surface area contributed by atoms with E-state index in [1.165, 1.54) is 17.0 Å². The Balaban J connectivity index is 1.77. The van der Waals surface area contributed by atoms with Crippen molar-refractivity contribution in [2.24, 2.45) is 0 Å². The molecular formula is C18H21FN2O2S. The van der Waals surface area contributed by atoms with Crippen molar-refractivity contribution >= 4 is 17.2 Å². The summed E-state index contributed by atoms with van der Waals surface area (Å²) in [6, 6.07) is 10.1. The molecule has 1 amide bonds. The molecule has 24 heavy (non-hydrogen) atoms. The van der Waals surface area contributed by atoms with E-state index in [0.717, 1.165) is 13.1 Å². The van der Waals surface area contributed by atoms with Crippen molar-refractivity contribution in [1.29, 1.82) is 0 Å². The van der Waals surface area contributed by atoms with Crippen LogP contribution >= 0.6 is 11.3 Å². The zero-order valence-electron chi connectivity index (χ0n) is 13.6. The number of benzene rings is 1. The smallest absolute Gasteiger partial charge is 0.254 e. The van der Waals surface area contributed by atoms with Crippen LogP contribution in [0.25, 0.3) is 0 Å². The minimum Gasteiger partial charge on any atom is -0.379 e. The summed E-state index contributed by atoms with van der Waals surface area (Å²) < 4.78 is 19.3. The minimum atomic E-state index is -0.499. The molecule has 6 heteroatoms. The highest BCUT2D eigenvalue weighted by atomic mass is 32.1. The van der Waals surface area contributed by atoms with Crippen LogP contribution in [0.3, 0.4) is 0 Å². The third-order valence-corrected chi connectivity index (χ3v) is 5.17. The quantitative estimate of drug-likeness (QED) is 0.903. The lowest BCUT2D eigenvalue weighted by molar-refractivity contribution is 0.00968. The number of carbonyl (C=O) groups is 1. The van der Waals surface area contributed by atoms with E-state index in [0.29, 0.717) is 13.2 Å². The van der Waals surface area contributed by atoms with Crippen molar-refractivity contribution in [2.75, 3.05) is 26.3 Å². The van der Waals surface area contributed by atoms with Gasteiger partial charge in [0, 0.05) is 24.0 Å². The van der Waals surface area contributed by atoms with Gasteiger partial charge < -0.3 is 10.1 Å². The van der Waals surface area contributed by atoms with Crippen molar-refractivity contribution in [2.45, 2.75) is 19.0 Å². The molecule has 4 nitrogen and oxygen atoms in total. The molecule has 1 aromatic heterocycles. The molecule has 2 heterocycles. The van der Waals surface area contributed by atoms with Gasteiger partial charge in [-0.05, 0) is 30.5 Å².